The van der Waals surface area contributed by atoms with Gasteiger partial charge in [-0.15, -0.1) is 0 Å². The van der Waals surface area contributed by atoms with Gasteiger partial charge in [0.2, 0.25) is 0 Å². The Morgan fingerprint density at radius 3 is 2.24 bits per heavy atom. The first-order valence-corrected chi connectivity index (χ1v) is 11.9. The number of Topliss-reactive ketones (excluding diaryl/α,β-unsaturated/α-hetero) is 2. The van der Waals surface area contributed by atoms with Crippen LogP contribution < -0.4 is 5.32 Å². The largest absolute Gasteiger partial charge is 0.385 e. The molecule has 0 saturated carbocycles. The molecule has 2 rings (SSSR count). The predicted molar refractivity (Wildman–Crippen MR) is 133 cm³/mol. The zero-order valence-corrected chi connectivity index (χ0v) is 21.0. The molecule has 1 aromatic carbocycles. The highest BCUT2D eigenvalue weighted by atomic mass is 16.3. The van der Waals surface area contributed by atoms with E-state index in [0.29, 0.717) is 18.4 Å². The van der Waals surface area contributed by atoms with Crippen molar-refractivity contribution >= 4 is 17.5 Å². The Hall–Kier alpha value is -2.86. The molecule has 0 radical (unpaired) electrons. The maximum Gasteiger partial charge on any atom is 0.253 e. The molecule has 2 N–H and O–H groups in total. The van der Waals surface area contributed by atoms with Gasteiger partial charge in [-0.05, 0) is 41.9 Å². The summed E-state index contributed by atoms with van der Waals surface area (Å²) in [4.78, 5) is 42.9. The van der Waals surface area contributed by atoms with Gasteiger partial charge in [0.05, 0.1) is 11.6 Å². The lowest BCUT2D eigenvalue weighted by Crippen LogP contribution is -2.44. The maximum absolute atomic E-state index is 13.4. The van der Waals surface area contributed by atoms with Crippen LogP contribution in [0.3, 0.4) is 0 Å². The summed E-state index contributed by atoms with van der Waals surface area (Å²) in [7, 11) is 0. The van der Waals surface area contributed by atoms with Crippen molar-refractivity contribution in [2.75, 3.05) is 0 Å². The number of carbonyl (C=O) groups is 3. The predicted octanol–water partition coefficient (Wildman–Crippen LogP) is 4.41. The summed E-state index contributed by atoms with van der Waals surface area (Å²) < 4.78 is 0. The van der Waals surface area contributed by atoms with E-state index in [1.54, 1.807) is 18.3 Å². The molecule has 1 amide bonds. The zero-order valence-electron chi connectivity index (χ0n) is 21.0. The van der Waals surface area contributed by atoms with Crippen molar-refractivity contribution in [2.45, 2.75) is 72.4 Å². The fraction of sp³-hybridized carbons (Fsp3) is 0.500. The Labute approximate surface area is 203 Å². The molecule has 0 spiro atoms. The molecule has 3 atom stereocenters. The van der Waals surface area contributed by atoms with E-state index >= 15 is 0 Å². The summed E-state index contributed by atoms with van der Waals surface area (Å²) >= 11 is 0. The minimum absolute atomic E-state index is 0.00332. The van der Waals surface area contributed by atoms with Gasteiger partial charge in [0.25, 0.3) is 5.91 Å². The number of carbonyl (C=O) groups excluding carboxylic acids is 3. The highest BCUT2D eigenvalue weighted by molar-refractivity contribution is 5.98. The summed E-state index contributed by atoms with van der Waals surface area (Å²) in [5, 5.41) is 13.8. The van der Waals surface area contributed by atoms with Crippen molar-refractivity contribution in [3.63, 3.8) is 0 Å². The van der Waals surface area contributed by atoms with E-state index in [1.165, 1.54) is 6.20 Å². The summed E-state index contributed by atoms with van der Waals surface area (Å²) in [6.45, 7) is 9.81. The van der Waals surface area contributed by atoms with E-state index < -0.39 is 18.1 Å². The van der Waals surface area contributed by atoms with Gasteiger partial charge in [0.15, 0.2) is 11.6 Å². The van der Waals surface area contributed by atoms with E-state index in [9.17, 15) is 19.5 Å². The van der Waals surface area contributed by atoms with Crippen LogP contribution in [0.4, 0.5) is 0 Å². The number of hydrogen-bond donors (Lipinski definition) is 2. The minimum atomic E-state index is -1.25. The number of pyridine rings is 1. The first-order valence-electron chi connectivity index (χ1n) is 11.9. The van der Waals surface area contributed by atoms with Gasteiger partial charge in [-0.25, -0.2) is 0 Å². The number of rotatable bonds is 12. The standard InChI is InChI=1S/C28H38N2O4/c1-19(2)14-23(30-27(34)21-12-9-13-29-18-21)24(31)16-22(15-20-10-7-6-8-11-20)26(33)25(32)17-28(3,4)5/h6-13,18-19,22-23,26,33H,14-17H2,1-5H3,(H,30,34)/t22?,23-,26?/m0/s1. The number of aliphatic hydroxyl groups is 1. The fourth-order valence-corrected chi connectivity index (χ4v) is 3.98. The number of benzene rings is 1. The monoisotopic (exact) mass is 466 g/mol. The lowest BCUT2D eigenvalue weighted by molar-refractivity contribution is -0.133. The van der Waals surface area contributed by atoms with Gasteiger partial charge in [0, 0.05) is 31.2 Å². The lowest BCUT2D eigenvalue weighted by atomic mass is 9.81. The molecule has 0 aliphatic heterocycles. The van der Waals surface area contributed by atoms with Crippen LogP contribution in [-0.4, -0.2) is 39.7 Å². The molecule has 2 aromatic rings. The number of nitrogens with one attached hydrogen (secondary N) is 1. The molecule has 0 aliphatic rings. The Bertz CT molecular complexity index is 936. The van der Waals surface area contributed by atoms with E-state index in [2.05, 4.69) is 10.3 Å². The van der Waals surface area contributed by atoms with Crippen LogP contribution in [0.2, 0.25) is 0 Å². The molecule has 0 saturated heterocycles. The van der Waals surface area contributed by atoms with E-state index in [1.807, 2.05) is 65.0 Å². The van der Waals surface area contributed by atoms with E-state index in [0.717, 1.165) is 5.56 Å². The number of amides is 1. The average molecular weight is 467 g/mol. The van der Waals surface area contributed by atoms with Crippen molar-refractivity contribution in [1.29, 1.82) is 0 Å². The fourth-order valence-electron chi connectivity index (χ4n) is 3.98. The van der Waals surface area contributed by atoms with Crippen LogP contribution in [-0.2, 0) is 16.0 Å². The number of ketones is 2. The summed E-state index contributed by atoms with van der Waals surface area (Å²) in [5.41, 5.74) is 1.06. The van der Waals surface area contributed by atoms with Crippen molar-refractivity contribution in [1.82, 2.24) is 10.3 Å². The smallest absolute Gasteiger partial charge is 0.253 e. The van der Waals surface area contributed by atoms with Crippen LogP contribution in [0.15, 0.2) is 54.9 Å². The molecule has 34 heavy (non-hydrogen) atoms. The number of aliphatic hydroxyl groups excluding tert-OH is 1. The second-order valence-corrected chi connectivity index (χ2v) is 10.7. The Kier molecular flexibility index (Phi) is 10.1. The summed E-state index contributed by atoms with van der Waals surface area (Å²) in [6.07, 6.45) is 2.87. The molecule has 1 heterocycles. The highest BCUT2D eigenvalue weighted by Gasteiger charge is 2.33. The molecule has 2 unspecified atom stereocenters. The quantitative estimate of drug-likeness (QED) is 0.483. The molecule has 1 aromatic heterocycles. The van der Waals surface area contributed by atoms with Crippen LogP contribution >= 0.6 is 0 Å². The van der Waals surface area contributed by atoms with Gasteiger partial charge in [-0.1, -0.05) is 65.0 Å². The topological polar surface area (TPSA) is 96.4 Å². The normalized spacial score (nSPS) is 14.3. The SMILES string of the molecule is CC(C)C[C@H](NC(=O)c1cccnc1)C(=O)CC(Cc1ccccc1)C(O)C(=O)CC(C)(C)C. The molecule has 0 fully saturated rings. The molecular formula is C28H38N2O4. The van der Waals surface area contributed by atoms with Crippen LogP contribution in [0, 0.1) is 17.3 Å². The van der Waals surface area contributed by atoms with Gasteiger partial charge in [-0.2, -0.15) is 0 Å². The van der Waals surface area contributed by atoms with Gasteiger partial charge in [-0.3, -0.25) is 19.4 Å². The van der Waals surface area contributed by atoms with Gasteiger partial charge in [0.1, 0.15) is 6.10 Å². The second-order valence-electron chi connectivity index (χ2n) is 10.7. The summed E-state index contributed by atoms with van der Waals surface area (Å²) in [6, 6.07) is 12.1. The Morgan fingerprint density at radius 2 is 1.68 bits per heavy atom. The molecule has 0 bridgehead atoms. The molecule has 6 nitrogen and oxygen atoms in total. The highest BCUT2D eigenvalue weighted by Crippen LogP contribution is 2.25. The van der Waals surface area contributed by atoms with Gasteiger partial charge >= 0.3 is 0 Å². The third-order valence-corrected chi connectivity index (χ3v) is 5.61. The van der Waals surface area contributed by atoms with Crippen LogP contribution in [0.1, 0.15) is 69.8 Å². The number of aromatic nitrogens is 1. The first kappa shape index (κ1) is 27.4. The lowest BCUT2D eigenvalue weighted by Gasteiger charge is -2.27. The van der Waals surface area contributed by atoms with Crippen molar-refractivity contribution in [2.24, 2.45) is 17.3 Å². The van der Waals surface area contributed by atoms with Crippen LogP contribution in [0.25, 0.3) is 0 Å². The second kappa shape index (κ2) is 12.6. The molecule has 184 valence electrons. The molecular weight excluding hydrogens is 428 g/mol. The first-order chi connectivity index (χ1) is 16.0. The third kappa shape index (κ3) is 9.18. The van der Waals surface area contributed by atoms with Crippen molar-refractivity contribution < 1.29 is 19.5 Å². The maximum atomic E-state index is 13.4. The van der Waals surface area contributed by atoms with Crippen LogP contribution in [0.5, 0.6) is 0 Å². The van der Waals surface area contributed by atoms with Gasteiger partial charge < -0.3 is 10.4 Å². The van der Waals surface area contributed by atoms with Crippen molar-refractivity contribution in [3.8, 4) is 0 Å². The number of hydrogen-bond acceptors (Lipinski definition) is 5. The Morgan fingerprint density at radius 1 is 1.00 bits per heavy atom. The molecule has 6 heteroatoms. The summed E-state index contributed by atoms with van der Waals surface area (Å²) in [5.74, 6) is -1.22. The Balaban J connectivity index is 2.23. The third-order valence-electron chi connectivity index (χ3n) is 5.61. The van der Waals surface area contributed by atoms with E-state index in [4.69, 9.17) is 0 Å². The minimum Gasteiger partial charge on any atom is -0.385 e. The number of nitrogens with zero attached hydrogens (tertiary/aromatic N) is 1. The molecule has 0 aliphatic carbocycles. The average Bonchev–Trinajstić information content (AvgIpc) is 2.77. The van der Waals surface area contributed by atoms with E-state index in [-0.39, 0.29) is 41.6 Å². The van der Waals surface area contributed by atoms with Crippen molar-refractivity contribution in [3.05, 3.63) is 66.0 Å². The zero-order chi connectivity index (χ0) is 25.3.